The zero-order chi connectivity index (χ0) is 18.7. The number of hydrogen-bond acceptors (Lipinski definition) is 5. The minimum absolute atomic E-state index is 0.218. The van der Waals surface area contributed by atoms with Crippen molar-refractivity contribution in [2.45, 2.75) is 33.7 Å². The number of nitrogens with zero attached hydrogens (tertiary/aromatic N) is 1. The van der Waals surface area contributed by atoms with Crippen LogP contribution in [0, 0.1) is 13.8 Å². The maximum Gasteiger partial charge on any atom is 0.340 e. The van der Waals surface area contributed by atoms with Crippen LogP contribution >= 0.6 is 11.3 Å². The zero-order valence-electron chi connectivity index (χ0n) is 14.6. The molecule has 0 aliphatic carbocycles. The number of nitrogens with two attached hydrogens (primary N) is 1. The predicted molar refractivity (Wildman–Crippen MR) is 96.0 cm³/mol. The van der Waals surface area contributed by atoms with Crippen molar-refractivity contribution >= 4 is 34.1 Å². The van der Waals surface area contributed by atoms with Crippen molar-refractivity contribution in [3.8, 4) is 0 Å². The van der Waals surface area contributed by atoms with Crippen LogP contribution in [0.1, 0.15) is 52.0 Å². The Morgan fingerprint density at radius 1 is 1.28 bits per heavy atom. The maximum atomic E-state index is 12.2. The van der Waals surface area contributed by atoms with Crippen molar-refractivity contribution in [1.82, 2.24) is 4.57 Å². The average Bonchev–Trinajstić information content (AvgIpc) is 3.09. The van der Waals surface area contributed by atoms with Gasteiger partial charge in [-0.05, 0) is 45.2 Å². The van der Waals surface area contributed by atoms with Crippen molar-refractivity contribution in [2.75, 3.05) is 11.9 Å². The molecule has 2 rings (SSSR count). The number of amides is 2. The molecule has 3 N–H and O–H groups in total. The summed E-state index contributed by atoms with van der Waals surface area (Å²) in [4.78, 5) is 35.4. The fraction of sp³-hybridized carbons (Fsp3) is 0.353. The Hall–Kier alpha value is -2.61. The predicted octanol–water partition coefficient (Wildman–Crippen LogP) is 2.64. The third-order valence-electron chi connectivity index (χ3n) is 3.74. The van der Waals surface area contributed by atoms with Crippen molar-refractivity contribution in [1.29, 1.82) is 0 Å². The Balaban J connectivity index is 2.00. The smallest absolute Gasteiger partial charge is 0.340 e. The SMILES string of the molecule is Cc1cc(C(=O)OCC(=O)Nc2sccc2C(N)=O)c(C)n1C(C)C. The Morgan fingerprint density at radius 2 is 1.96 bits per heavy atom. The van der Waals surface area contributed by atoms with Gasteiger partial charge >= 0.3 is 5.97 Å². The van der Waals surface area contributed by atoms with E-state index in [1.807, 2.05) is 32.3 Å². The molecular formula is C17H21N3O4S. The Bertz CT molecular complexity index is 820. The van der Waals surface area contributed by atoms with Crippen LogP contribution in [0.4, 0.5) is 5.00 Å². The number of hydrogen-bond donors (Lipinski definition) is 2. The van der Waals surface area contributed by atoms with Gasteiger partial charge in [-0.1, -0.05) is 0 Å². The highest BCUT2D eigenvalue weighted by atomic mass is 32.1. The maximum absolute atomic E-state index is 12.2. The van der Waals surface area contributed by atoms with E-state index in [4.69, 9.17) is 10.5 Å². The van der Waals surface area contributed by atoms with Crippen molar-refractivity contribution in [3.05, 3.63) is 40.0 Å². The largest absolute Gasteiger partial charge is 0.452 e. The van der Waals surface area contributed by atoms with Gasteiger partial charge in [0.25, 0.3) is 11.8 Å². The first-order valence-corrected chi connectivity index (χ1v) is 8.63. The molecule has 0 unspecified atom stereocenters. The molecule has 0 aromatic carbocycles. The molecule has 134 valence electrons. The molecular weight excluding hydrogens is 342 g/mol. The number of anilines is 1. The van der Waals surface area contributed by atoms with Crippen LogP contribution in [-0.2, 0) is 9.53 Å². The second-order valence-corrected chi connectivity index (χ2v) is 6.82. The van der Waals surface area contributed by atoms with Crippen LogP contribution in [0.3, 0.4) is 0 Å². The van der Waals surface area contributed by atoms with Crippen LogP contribution < -0.4 is 11.1 Å². The number of esters is 1. The first kappa shape index (κ1) is 18.7. The summed E-state index contributed by atoms with van der Waals surface area (Å²) in [5.74, 6) is -1.72. The van der Waals surface area contributed by atoms with Crippen LogP contribution in [0.25, 0.3) is 0 Å². The van der Waals surface area contributed by atoms with Gasteiger partial charge in [0.2, 0.25) is 0 Å². The summed E-state index contributed by atoms with van der Waals surface area (Å²) in [6.45, 7) is 7.37. The quantitative estimate of drug-likeness (QED) is 0.770. The van der Waals surface area contributed by atoms with Crippen molar-refractivity contribution < 1.29 is 19.1 Å². The number of aromatic nitrogens is 1. The number of ether oxygens (including phenoxy) is 1. The van der Waals surface area contributed by atoms with E-state index in [2.05, 4.69) is 5.32 Å². The summed E-state index contributed by atoms with van der Waals surface area (Å²) in [6, 6.07) is 3.49. The lowest BCUT2D eigenvalue weighted by atomic mass is 10.2. The van der Waals surface area contributed by atoms with Crippen molar-refractivity contribution in [3.63, 3.8) is 0 Å². The summed E-state index contributed by atoms with van der Waals surface area (Å²) in [5.41, 5.74) is 7.63. The normalized spacial score (nSPS) is 10.8. The molecule has 0 spiro atoms. The van der Waals surface area contributed by atoms with Gasteiger partial charge in [-0.3, -0.25) is 9.59 Å². The molecule has 0 saturated carbocycles. The summed E-state index contributed by atoms with van der Waals surface area (Å²) in [6.07, 6.45) is 0. The summed E-state index contributed by atoms with van der Waals surface area (Å²) in [7, 11) is 0. The van der Waals surface area contributed by atoms with Crippen molar-refractivity contribution in [2.24, 2.45) is 5.73 Å². The molecule has 0 aliphatic heterocycles. The molecule has 2 amide bonds. The number of thiophene rings is 1. The minimum Gasteiger partial charge on any atom is -0.452 e. The lowest BCUT2D eigenvalue weighted by Crippen LogP contribution is -2.22. The number of carbonyl (C=O) groups excluding carboxylic acids is 3. The third kappa shape index (κ3) is 4.08. The van der Waals surface area contributed by atoms with Crippen LogP contribution in [0.15, 0.2) is 17.5 Å². The van der Waals surface area contributed by atoms with Gasteiger partial charge < -0.3 is 20.4 Å². The topological polar surface area (TPSA) is 103 Å². The molecule has 0 bridgehead atoms. The van der Waals surface area contributed by atoms with Gasteiger partial charge in [-0.2, -0.15) is 0 Å². The zero-order valence-corrected chi connectivity index (χ0v) is 15.4. The molecule has 8 heteroatoms. The number of aryl methyl sites for hydroxylation is 1. The number of primary amides is 1. The van der Waals surface area contributed by atoms with E-state index in [0.29, 0.717) is 10.6 Å². The Kier molecular flexibility index (Phi) is 5.63. The lowest BCUT2D eigenvalue weighted by Gasteiger charge is -2.13. The van der Waals surface area contributed by atoms with Crippen LogP contribution in [-0.4, -0.2) is 29.0 Å². The first-order chi connectivity index (χ1) is 11.7. The van der Waals surface area contributed by atoms with Crippen LogP contribution in [0.2, 0.25) is 0 Å². The average molecular weight is 363 g/mol. The number of carbonyl (C=O) groups is 3. The van der Waals surface area contributed by atoms with E-state index >= 15 is 0 Å². The van der Waals surface area contributed by atoms with Crippen LogP contribution in [0.5, 0.6) is 0 Å². The van der Waals surface area contributed by atoms with Gasteiger partial charge in [0.1, 0.15) is 5.00 Å². The molecule has 0 saturated heterocycles. The third-order valence-corrected chi connectivity index (χ3v) is 4.57. The second-order valence-electron chi connectivity index (χ2n) is 5.90. The highest BCUT2D eigenvalue weighted by Crippen LogP contribution is 2.23. The van der Waals surface area contributed by atoms with E-state index in [9.17, 15) is 14.4 Å². The van der Waals surface area contributed by atoms with E-state index in [1.54, 1.807) is 11.4 Å². The molecule has 7 nitrogen and oxygen atoms in total. The van der Waals surface area contributed by atoms with E-state index in [1.165, 1.54) is 17.4 Å². The molecule has 2 aromatic heterocycles. The fourth-order valence-electron chi connectivity index (χ4n) is 2.75. The standard InChI is InChI=1S/C17H21N3O4S/c1-9(2)20-10(3)7-13(11(20)4)17(23)24-8-14(21)19-16-12(15(18)22)5-6-25-16/h5-7,9H,8H2,1-4H3,(H2,18,22)(H,19,21). The lowest BCUT2D eigenvalue weighted by molar-refractivity contribution is -0.119. The highest BCUT2D eigenvalue weighted by Gasteiger charge is 2.20. The Morgan fingerprint density at radius 3 is 2.52 bits per heavy atom. The fourth-order valence-corrected chi connectivity index (χ4v) is 3.56. The summed E-state index contributed by atoms with van der Waals surface area (Å²) >= 11 is 1.17. The molecule has 0 atom stereocenters. The summed E-state index contributed by atoms with van der Waals surface area (Å²) in [5, 5.41) is 4.51. The molecule has 0 radical (unpaired) electrons. The van der Waals surface area contributed by atoms with E-state index in [0.717, 1.165) is 11.4 Å². The van der Waals surface area contributed by atoms with Gasteiger partial charge in [-0.25, -0.2) is 4.79 Å². The number of rotatable bonds is 6. The molecule has 2 aromatic rings. The monoisotopic (exact) mass is 363 g/mol. The molecule has 0 fully saturated rings. The molecule has 25 heavy (non-hydrogen) atoms. The van der Waals surface area contributed by atoms with Gasteiger partial charge in [-0.15, -0.1) is 11.3 Å². The van der Waals surface area contributed by atoms with Gasteiger partial charge in [0.15, 0.2) is 6.61 Å². The number of nitrogens with one attached hydrogen (secondary N) is 1. The van der Waals surface area contributed by atoms with Gasteiger partial charge in [0.05, 0.1) is 11.1 Å². The van der Waals surface area contributed by atoms with E-state index in [-0.39, 0.29) is 11.6 Å². The highest BCUT2D eigenvalue weighted by molar-refractivity contribution is 7.14. The second kappa shape index (κ2) is 7.52. The van der Waals surface area contributed by atoms with E-state index < -0.39 is 24.4 Å². The summed E-state index contributed by atoms with van der Waals surface area (Å²) < 4.78 is 7.12. The minimum atomic E-state index is -0.630. The van der Waals surface area contributed by atoms with Gasteiger partial charge in [0, 0.05) is 17.4 Å². The molecule has 2 heterocycles. The first-order valence-electron chi connectivity index (χ1n) is 7.75. The molecule has 0 aliphatic rings. The Labute approximate surface area is 149 Å².